The Bertz CT molecular complexity index is 534. The Kier molecular flexibility index (Phi) is 4.43. The van der Waals surface area contributed by atoms with Gasteiger partial charge in [-0.2, -0.15) is 0 Å². The molecule has 2 atom stereocenters. The average Bonchev–Trinajstić information content (AvgIpc) is 2.97. The van der Waals surface area contributed by atoms with Crippen molar-refractivity contribution in [1.82, 2.24) is 10.3 Å². The maximum atomic E-state index is 14.3. The summed E-state index contributed by atoms with van der Waals surface area (Å²) in [6, 6.07) is 10.1. The SMILES string of the molecule is FC(Cc1nc(-c2ccccc2)cs1)C1CCCCN1. The van der Waals surface area contributed by atoms with Crippen LogP contribution in [0.15, 0.2) is 35.7 Å². The van der Waals surface area contributed by atoms with E-state index in [9.17, 15) is 4.39 Å². The highest BCUT2D eigenvalue weighted by Gasteiger charge is 2.24. The molecule has 0 radical (unpaired) electrons. The van der Waals surface area contributed by atoms with Crippen molar-refractivity contribution in [2.45, 2.75) is 37.9 Å². The first-order chi connectivity index (χ1) is 9.83. The highest BCUT2D eigenvalue weighted by Crippen LogP contribution is 2.24. The summed E-state index contributed by atoms with van der Waals surface area (Å²) in [7, 11) is 0. The van der Waals surface area contributed by atoms with Gasteiger partial charge in [0.2, 0.25) is 0 Å². The summed E-state index contributed by atoms with van der Waals surface area (Å²) in [4.78, 5) is 4.57. The first-order valence-electron chi connectivity index (χ1n) is 7.20. The fourth-order valence-corrected chi connectivity index (χ4v) is 3.49. The van der Waals surface area contributed by atoms with E-state index >= 15 is 0 Å². The van der Waals surface area contributed by atoms with E-state index in [4.69, 9.17) is 0 Å². The number of rotatable bonds is 4. The summed E-state index contributed by atoms with van der Waals surface area (Å²) in [6.45, 7) is 0.943. The van der Waals surface area contributed by atoms with E-state index in [-0.39, 0.29) is 6.04 Å². The quantitative estimate of drug-likeness (QED) is 0.925. The first-order valence-corrected chi connectivity index (χ1v) is 8.08. The monoisotopic (exact) mass is 290 g/mol. The molecule has 1 fully saturated rings. The Morgan fingerprint density at radius 2 is 2.15 bits per heavy atom. The summed E-state index contributed by atoms with van der Waals surface area (Å²) in [6.07, 6.45) is 2.84. The van der Waals surface area contributed by atoms with Crippen LogP contribution in [0.4, 0.5) is 4.39 Å². The highest BCUT2D eigenvalue weighted by atomic mass is 32.1. The van der Waals surface area contributed by atoms with E-state index in [1.807, 2.05) is 35.7 Å². The second kappa shape index (κ2) is 6.46. The van der Waals surface area contributed by atoms with Crippen molar-refractivity contribution in [2.75, 3.05) is 6.54 Å². The lowest BCUT2D eigenvalue weighted by atomic mass is 9.99. The number of alkyl halides is 1. The number of halogens is 1. The van der Waals surface area contributed by atoms with Crippen LogP contribution in [-0.4, -0.2) is 23.7 Å². The molecule has 2 heterocycles. The zero-order valence-electron chi connectivity index (χ0n) is 11.4. The molecule has 1 aliphatic rings. The molecular weight excluding hydrogens is 271 g/mol. The maximum Gasteiger partial charge on any atom is 0.122 e. The minimum atomic E-state index is -0.829. The molecule has 1 saturated heterocycles. The van der Waals surface area contributed by atoms with Gasteiger partial charge in [-0.3, -0.25) is 0 Å². The summed E-state index contributed by atoms with van der Waals surface area (Å²) >= 11 is 1.56. The average molecular weight is 290 g/mol. The Hall–Kier alpha value is -1.26. The minimum absolute atomic E-state index is 0.00725. The maximum absolute atomic E-state index is 14.3. The minimum Gasteiger partial charge on any atom is -0.311 e. The Morgan fingerprint density at radius 1 is 1.30 bits per heavy atom. The van der Waals surface area contributed by atoms with Crippen LogP contribution in [-0.2, 0) is 6.42 Å². The van der Waals surface area contributed by atoms with Gasteiger partial charge in [0.05, 0.1) is 10.7 Å². The zero-order valence-corrected chi connectivity index (χ0v) is 12.2. The zero-order chi connectivity index (χ0) is 13.8. The molecule has 0 spiro atoms. The van der Waals surface area contributed by atoms with Gasteiger partial charge in [0.25, 0.3) is 0 Å². The number of hydrogen-bond donors (Lipinski definition) is 1. The van der Waals surface area contributed by atoms with Crippen LogP contribution in [0.2, 0.25) is 0 Å². The topological polar surface area (TPSA) is 24.9 Å². The molecule has 20 heavy (non-hydrogen) atoms. The summed E-state index contributed by atoms with van der Waals surface area (Å²) in [5, 5.41) is 6.19. The number of nitrogens with one attached hydrogen (secondary N) is 1. The molecule has 2 aromatic rings. The van der Waals surface area contributed by atoms with E-state index in [1.54, 1.807) is 11.3 Å². The van der Waals surface area contributed by atoms with Crippen LogP contribution in [0.25, 0.3) is 11.3 Å². The van der Waals surface area contributed by atoms with Crippen LogP contribution in [0, 0.1) is 0 Å². The van der Waals surface area contributed by atoms with Gasteiger partial charge >= 0.3 is 0 Å². The van der Waals surface area contributed by atoms with Gasteiger partial charge in [0, 0.05) is 23.4 Å². The predicted molar refractivity (Wildman–Crippen MR) is 81.8 cm³/mol. The van der Waals surface area contributed by atoms with E-state index in [0.717, 1.165) is 35.7 Å². The molecule has 2 unspecified atom stereocenters. The Morgan fingerprint density at radius 3 is 2.90 bits per heavy atom. The molecule has 1 aromatic carbocycles. The van der Waals surface area contributed by atoms with E-state index in [1.165, 1.54) is 6.42 Å². The lowest BCUT2D eigenvalue weighted by Crippen LogP contribution is -2.42. The van der Waals surface area contributed by atoms with E-state index in [0.29, 0.717) is 6.42 Å². The third-order valence-corrected chi connectivity index (χ3v) is 4.65. The van der Waals surface area contributed by atoms with Gasteiger partial charge < -0.3 is 5.32 Å². The van der Waals surface area contributed by atoms with E-state index in [2.05, 4.69) is 10.3 Å². The largest absolute Gasteiger partial charge is 0.311 e. The molecular formula is C16H19FN2S. The molecule has 1 N–H and O–H groups in total. The van der Waals surface area contributed by atoms with Crippen molar-refractivity contribution in [1.29, 1.82) is 0 Å². The Balaban J connectivity index is 1.65. The third-order valence-electron chi connectivity index (χ3n) is 3.78. The summed E-state index contributed by atoms with van der Waals surface area (Å²) in [5.74, 6) is 0. The molecule has 0 aliphatic carbocycles. The fourth-order valence-electron chi connectivity index (χ4n) is 2.64. The molecule has 2 nitrogen and oxygen atoms in total. The molecule has 106 valence electrons. The van der Waals surface area contributed by atoms with Gasteiger partial charge in [0.15, 0.2) is 0 Å². The Labute approximate surface area is 123 Å². The molecule has 3 rings (SSSR count). The normalized spacial score (nSPS) is 20.8. The van der Waals surface area contributed by atoms with Crippen LogP contribution >= 0.6 is 11.3 Å². The number of thiazole rings is 1. The standard InChI is InChI=1S/C16H19FN2S/c17-13(14-8-4-5-9-18-14)10-16-19-15(11-20-16)12-6-2-1-3-7-12/h1-3,6-7,11,13-14,18H,4-5,8-10H2. The van der Waals surface area contributed by atoms with Crippen molar-refractivity contribution < 1.29 is 4.39 Å². The van der Waals surface area contributed by atoms with Crippen LogP contribution in [0.5, 0.6) is 0 Å². The van der Waals surface area contributed by atoms with Crippen molar-refractivity contribution in [2.24, 2.45) is 0 Å². The second-order valence-corrected chi connectivity index (χ2v) is 6.21. The number of benzene rings is 1. The fraction of sp³-hybridized carbons (Fsp3) is 0.438. The summed E-state index contributed by atoms with van der Waals surface area (Å²) < 4.78 is 14.3. The predicted octanol–water partition coefficient (Wildman–Crippen LogP) is 3.83. The molecule has 0 saturated carbocycles. The van der Waals surface area contributed by atoms with Gasteiger partial charge in [-0.1, -0.05) is 36.8 Å². The van der Waals surface area contributed by atoms with Crippen LogP contribution in [0.1, 0.15) is 24.3 Å². The van der Waals surface area contributed by atoms with Gasteiger partial charge in [-0.15, -0.1) is 11.3 Å². The first kappa shape index (κ1) is 13.7. The molecule has 4 heteroatoms. The lowest BCUT2D eigenvalue weighted by molar-refractivity contribution is 0.217. The molecule has 1 aromatic heterocycles. The second-order valence-electron chi connectivity index (χ2n) is 5.27. The summed E-state index contributed by atoms with van der Waals surface area (Å²) in [5.41, 5.74) is 2.05. The van der Waals surface area contributed by atoms with Crippen LogP contribution in [0.3, 0.4) is 0 Å². The van der Waals surface area contributed by atoms with E-state index < -0.39 is 6.17 Å². The molecule has 0 amide bonds. The lowest BCUT2D eigenvalue weighted by Gasteiger charge is -2.26. The highest BCUT2D eigenvalue weighted by molar-refractivity contribution is 7.09. The number of piperidine rings is 1. The van der Waals surface area contributed by atoms with Crippen LogP contribution < -0.4 is 5.32 Å². The number of hydrogen-bond acceptors (Lipinski definition) is 3. The van der Waals surface area contributed by atoms with Gasteiger partial charge in [-0.25, -0.2) is 9.37 Å². The van der Waals surface area contributed by atoms with Crippen molar-refractivity contribution in [3.8, 4) is 11.3 Å². The van der Waals surface area contributed by atoms with Gasteiger partial charge in [0.1, 0.15) is 6.17 Å². The van der Waals surface area contributed by atoms with Crippen molar-refractivity contribution in [3.63, 3.8) is 0 Å². The molecule has 0 bridgehead atoms. The van der Waals surface area contributed by atoms with Crippen molar-refractivity contribution in [3.05, 3.63) is 40.7 Å². The number of nitrogens with zero attached hydrogens (tertiary/aromatic N) is 1. The number of aromatic nitrogens is 1. The van der Waals surface area contributed by atoms with Crippen molar-refractivity contribution >= 4 is 11.3 Å². The van der Waals surface area contributed by atoms with Gasteiger partial charge in [-0.05, 0) is 19.4 Å². The molecule has 1 aliphatic heterocycles. The third kappa shape index (κ3) is 3.25. The smallest absolute Gasteiger partial charge is 0.122 e.